The maximum absolute atomic E-state index is 13.3. The Morgan fingerprint density at radius 2 is 1.48 bits per heavy atom. The number of aliphatic hydroxyl groups is 1. The highest BCUT2D eigenvalue weighted by Gasteiger charge is 2.37. The van der Waals surface area contributed by atoms with Gasteiger partial charge in [-0.05, 0) is 48.4 Å². The van der Waals surface area contributed by atoms with Gasteiger partial charge in [0.25, 0.3) is 0 Å². The summed E-state index contributed by atoms with van der Waals surface area (Å²) in [5.74, 6) is -0.596. The van der Waals surface area contributed by atoms with Gasteiger partial charge in [-0.3, -0.25) is 0 Å². The molecule has 0 saturated carbocycles. The Balaban J connectivity index is 2.14. The molecule has 0 heterocycles. The highest BCUT2D eigenvalue weighted by atomic mass is 19.4. The van der Waals surface area contributed by atoms with E-state index in [1.165, 1.54) is 25.1 Å². The molecule has 0 aromatic heterocycles. The Labute approximate surface area is 161 Å². The predicted octanol–water partition coefficient (Wildman–Crippen LogP) is 4.96. The van der Waals surface area contributed by atoms with Crippen LogP contribution < -0.4 is 5.73 Å². The van der Waals surface area contributed by atoms with Gasteiger partial charge in [-0.25, -0.2) is 4.39 Å². The number of hydrogen-bond donors (Lipinski definition) is 2. The first-order chi connectivity index (χ1) is 13.2. The van der Waals surface area contributed by atoms with Gasteiger partial charge in [-0.2, -0.15) is 26.3 Å². The molecule has 10 heteroatoms. The Morgan fingerprint density at radius 1 is 0.931 bits per heavy atom. The lowest BCUT2D eigenvalue weighted by Crippen LogP contribution is -2.34. The lowest BCUT2D eigenvalue weighted by atomic mass is 9.92. The lowest BCUT2D eigenvalue weighted by molar-refractivity contribution is -0.143. The van der Waals surface area contributed by atoms with Crippen molar-refractivity contribution >= 4 is 0 Å². The molecule has 0 aliphatic carbocycles. The van der Waals surface area contributed by atoms with Crippen molar-refractivity contribution in [3.8, 4) is 0 Å². The standard InChI is InChI=1S/C19H18F7NO2/c1-17(28,12-3-2-4-15(20)8-12)9-16(27)29-10-11-5-13(18(21,22)23)7-14(6-11)19(24,25)26/h2-8,16,28H,9-10,27H2,1H3. The van der Waals surface area contributed by atoms with Gasteiger partial charge in [-0.1, -0.05) is 12.1 Å². The van der Waals surface area contributed by atoms with Crippen LogP contribution >= 0.6 is 0 Å². The molecule has 3 N–H and O–H groups in total. The van der Waals surface area contributed by atoms with E-state index in [1.54, 1.807) is 0 Å². The van der Waals surface area contributed by atoms with E-state index in [4.69, 9.17) is 10.5 Å². The Hall–Kier alpha value is -2.17. The highest BCUT2D eigenvalue weighted by Crippen LogP contribution is 2.36. The average Bonchev–Trinajstić information content (AvgIpc) is 2.58. The normalized spacial score (nSPS) is 15.8. The molecule has 0 aliphatic heterocycles. The molecule has 0 fully saturated rings. The molecule has 0 bridgehead atoms. The second-order valence-electron chi connectivity index (χ2n) is 6.75. The van der Waals surface area contributed by atoms with Gasteiger partial charge in [0.05, 0.1) is 23.3 Å². The predicted molar refractivity (Wildman–Crippen MR) is 89.8 cm³/mol. The van der Waals surface area contributed by atoms with Crippen LogP contribution in [0.4, 0.5) is 30.7 Å². The van der Waals surface area contributed by atoms with Crippen molar-refractivity contribution in [2.45, 2.75) is 44.1 Å². The number of nitrogens with two attached hydrogens (primary N) is 1. The Bertz CT molecular complexity index is 815. The summed E-state index contributed by atoms with van der Waals surface area (Å²) in [6.45, 7) is 0.685. The van der Waals surface area contributed by atoms with Crippen molar-refractivity contribution in [3.05, 3.63) is 70.5 Å². The second kappa shape index (κ2) is 8.29. The fraction of sp³-hybridized carbons (Fsp3) is 0.368. The minimum absolute atomic E-state index is 0.0121. The molecule has 0 spiro atoms. The van der Waals surface area contributed by atoms with Crippen LogP contribution in [0, 0.1) is 5.82 Å². The quantitative estimate of drug-likeness (QED) is 0.508. The molecule has 2 aromatic carbocycles. The number of rotatable bonds is 6. The molecule has 2 rings (SSSR count). The lowest BCUT2D eigenvalue weighted by Gasteiger charge is -2.27. The van der Waals surface area contributed by atoms with Gasteiger partial charge >= 0.3 is 12.4 Å². The third-order valence-corrected chi connectivity index (χ3v) is 4.16. The van der Waals surface area contributed by atoms with Crippen molar-refractivity contribution in [1.82, 2.24) is 0 Å². The third-order valence-electron chi connectivity index (χ3n) is 4.16. The van der Waals surface area contributed by atoms with Crippen molar-refractivity contribution < 1.29 is 40.6 Å². The van der Waals surface area contributed by atoms with Crippen LogP contribution in [0.15, 0.2) is 42.5 Å². The van der Waals surface area contributed by atoms with Crippen molar-refractivity contribution in [2.24, 2.45) is 5.73 Å². The summed E-state index contributed by atoms with van der Waals surface area (Å²) >= 11 is 0. The smallest absolute Gasteiger partial charge is 0.385 e. The van der Waals surface area contributed by atoms with Gasteiger partial charge in [0.15, 0.2) is 0 Å². The molecule has 3 nitrogen and oxygen atoms in total. The zero-order valence-electron chi connectivity index (χ0n) is 15.1. The first-order valence-corrected chi connectivity index (χ1v) is 8.32. The number of hydrogen-bond acceptors (Lipinski definition) is 3. The first-order valence-electron chi connectivity index (χ1n) is 8.32. The molecule has 2 atom stereocenters. The van der Waals surface area contributed by atoms with Crippen LogP contribution in [-0.2, 0) is 29.3 Å². The van der Waals surface area contributed by atoms with Gasteiger partial charge in [0.1, 0.15) is 12.0 Å². The summed E-state index contributed by atoms with van der Waals surface area (Å²) in [6, 6.07) is 6.14. The summed E-state index contributed by atoms with van der Waals surface area (Å²) in [6.07, 6.45) is -11.5. The van der Waals surface area contributed by atoms with Crippen LogP contribution in [0.1, 0.15) is 35.6 Å². The van der Waals surface area contributed by atoms with Gasteiger partial charge in [0.2, 0.25) is 0 Å². The summed E-state index contributed by atoms with van der Waals surface area (Å²) in [5.41, 5.74) is 0.953. The van der Waals surface area contributed by atoms with Gasteiger partial charge < -0.3 is 15.6 Å². The topological polar surface area (TPSA) is 55.5 Å². The summed E-state index contributed by atoms with van der Waals surface area (Å²) < 4.78 is 95.7. The second-order valence-corrected chi connectivity index (χ2v) is 6.75. The van der Waals surface area contributed by atoms with E-state index in [1.807, 2.05) is 0 Å². The molecule has 29 heavy (non-hydrogen) atoms. The minimum Gasteiger partial charge on any atom is -0.385 e. The van der Waals surface area contributed by atoms with Gasteiger partial charge in [0, 0.05) is 6.42 Å². The fourth-order valence-electron chi connectivity index (χ4n) is 2.70. The molecule has 0 aliphatic rings. The maximum atomic E-state index is 13.3. The summed E-state index contributed by atoms with van der Waals surface area (Å²) in [4.78, 5) is 0. The Kier molecular flexibility index (Phi) is 6.61. The van der Waals surface area contributed by atoms with Crippen LogP contribution in [0.2, 0.25) is 0 Å². The van der Waals surface area contributed by atoms with Crippen LogP contribution in [-0.4, -0.2) is 11.3 Å². The van der Waals surface area contributed by atoms with Crippen LogP contribution in [0.25, 0.3) is 0 Å². The van der Waals surface area contributed by atoms with E-state index in [2.05, 4.69) is 0 Å². The van der Waals surface area contributed by atoms with Gasteiger partial charge in [-0.15, -0.1) is 0 Å². The van der Waals surface area contributed by atoms with Crippen LogP contribution in [0.5, 0.6) is 0 Å². The number of alkyl halides is 6. The third kappa shape index (κ3) is 6.41. The molecule has 0 saturated heterocycles. The van der Waals surface area contributed by atoms with E-state index >= 15 is 0 Å². The van der Waals surface area contributed by atoms with E-state index in [0.29, 0.717) is 12.1 Å². The largest absolute Gasteiger partial charge is 0.416 e. The number of ether oxygens (including phenoxy) is 1. The van der Waals surface area contributed by atoms with Crippen molar-refractivity contribution in [1.29, 1.82) is 0 Å². The fourth-order valence-corrected chi connectivity index (χ4v) is 2.70. The summed E-state index contributed by atoms with van der Waals surface area (Å²) in [7, 11) is 0. The molecule has 0 radical (unpaired) electrons. The Morgan fingerprint density at radius 3 is 1.97 bits per heavy atom. The zero-order valence-corrected chi connectivity index (χ0v) is 15.1. The molecule has 160 valence electrons. The number of benzene rings is 2. The molecule has 2 unspecified atom stereocenters. The van der Waals surface area contributed by atoms with Crippen LogP contribution in [0.3, 0.4) is 0 Å². The summed E-state index contributed by atoms with van der Waals surface area (Å²) in [5, 5.41) is 10.5. The van der Waals surface area contributed by atoms with E-state index < -0.39 is 47.7 Å². The molecular formula is C19H18F7NO2. The number of halogens is 7. The van der Waals surface area contributed by atoms with E-state index in [0.717, 1.165) is 6.07 Å². The molecule has 2 aromatic rings. The first kappa shape index (κ1) is 23.1. The highest BCUT2D eigenvalue weighted by molar-refractivity contribution is 5.33. The molecular weight excluding hydrogens is 407 g/mol. The minimum atomic E-state index is -4.97. The SMILES string of the molecule is CC(O)(CC(N)OCc1cc(C(F)(F)F)cc(C(F)(F)F)c1)c1cccc(F)c1. The van der Waals surface area contributed by atoms with Crippen molar-refractivity contribution in [2.75, 3.05) is 0 Å². The average molecular weight is 425 g/mol. The van der Waals surface area contributed by atoms with E-state index in [-0.39, 0.29) is 23.6 Å². The zero-order chi connectivity index (χ0) is 22.0. The van der Waals surface area contributed by atoms with E-state index in [9.17, 15) is 35.8 Å². The monoisotopic (exact) mass is 425 g/mol. The van der Waals surface area contributed by atoms with Crippen molar-refractivity contribution in [3.63, 3.8) is 0 Å². The molecule has 0 amide bonds. The maximum Gasteiger partial charge on any atom is 0.416 e.